The number of hydrogen-bond donors (Lipinski definition) is 1. The molecule has 4 heteroatoms. The highest BCUT2D eigenvalue weighted by atomic mass is 16.5. The van der Waals surface area contributed by atoms with Gasteiger partial charge in [0.2, 0.25) is 0 Å². The summed E-state index contributed by atoms with van der Waals surface area (Å²) in [6, 6.07) is 5.18. The summed E-state index contributed by atoms with van der Waals surface area (Å²) < 4.78 is 4.62. The van der Waals surface area contributed by atoms with Crippen LogP contribution >= 0.6 is 0 Å². The zero-order valence-corrected chi connectivity index (χ0v) is 9.28. The van der Waals surface area contributed by atoms with Crippen LogP contribution in [0.25, 0.3) is 0 Å². The van der Waals surface area contributed by atoms with Gasteiger partial charge in [-0.15, -0.1) is 0 Å². The van der Waals surface area contributed by atoms with Gasteiger partial charge >= 0.3 is 5.97 Å². The molecule has 0 unspecified atom stereocenters. The van der Waals surface area contributed by atoms with Gasteiger partial charge in [0.1, 0.15) is 0 Å². The molecule has 0 amide bonds. The van der Waals surface area contributed by atoms with Gasteiger partial charge in [0.15, 0.2) is 0 Å². The summed E-state index contributed by atoms with van der Waals surface area (Å²) in [6.07, 6.45) is 0.651. The second kappa shape index (κ2) is 5.29. The van der Waals surface area contributed by atoms with Crippen LogP contribution in [0.3, 0.4) is 0 Å². The zero-order valence-electron chi connectivity index (χ0n) is 9.28. The number of benzene rings is 1. The van der Waals surface area contributed by atoms with E-state index < -0.39 is 5.97 Å². The first-order valence-electron chi connectivity index (χ1n) is 4.93. The second-order valence-corrected chi connectivity index (χ2v) is 3.28. The fraction of sp³-hybridized carbons (Fsp3) is 0.333. The maximum atomic E-state index is 11.4. The Morgan fingerprint density at radius 2 is 2.19 bits per heavy atom. The molecule has 0 aromatic heterocycles. The third-order valence-corrected chi connectivity index (χ3v) is 2.41. The van der Waals surface area contributed by atoms with Crippen LogP contribution in [0.5, 0.6) is 0 Å². The lowest BCUT2D eigenvalue weighted by atomic mass is 9.98. The number of nitriles is 1. The molecule has 0 fully saturated rings. The van der Waals surface area contributed by atoms with Gasteiger partial charge in [-0.3, -0.25) is 0 Å². The molecule has 0 saturated heterocycles. The van der Waals surface area contributed by atoms with Gasteiger partial charge in [0, 0.05) is 0 Å². The molecule has 0 aliphatic carbocycles. The van der Waals surface area contributed by atoms with E-state index in [4.69, 9.17) is 10.4 Å². The summed E-state index contributed by atoms with van der Waals surface area (Å²) in [6.45, 7) is 1.61. The van der Waals surface area contributed by atoms with Crippen LogP contribution in [-0.4, -0.2) is 18.2 Å². The number of methoxy groups -OCH3 is 1. The molecule has 0 aliphatic heterocycles. The van der Waals surface area contributed by atoms with Crippen molar-refractivity contribution in [2.75, 3.05) is 7.11 Å². The summed E-state index contributed by atoms with van der Waals surface area (Å²) >= 11 is 0. The lowest BCUT2D eigenvalue weighted by Gasteiger charge is -2.09. The Morgan fingerprint density at radius 1 is 1.50 bits per heavy atom. The van der Waals surface area contributed by atoms with Crippen LogP contribution in [0.15, 0.2) is 12.1 Å². The van der Waals surface area contributed by atoms with Gasteiger partial charge in [-0.05, 0) is 29.7 Å². The number of carbonyl (C=O) groups is 1. The summed E-state index contributed by atoms with van der Waals surface area (Å²) in [5.74, 6) is -0.497. The molecule has 0 saturated carbocycles. The maximum Gasteiger partial charge on any atom is 0.338 e. The quantitative estimate of drug-likeness (QED) is 0.780. The van der Waals surface area contributed by atoms with E-state index in [9.17, 15) is 4.79 Å². The molecule has 0 bridgehead atoms. The standard InChI is InChI=1S/C12H13NO3/c1-3-8-5-11(12(15)16-2)10(7-14)4-9(8)6-13/h4-5,14H,3,7H2,1-2H3. The van der Waals surface area contributed by atoms with Gasteiger partial charge in [-0.1, -0.05) is 6.92 Å². The van der Waals surface area contributed by atoms with Crippen molar-refractivity contribution in [3.8, 4) is 6.07 Å². The fourth-order valence-corrected chi connectivity index (χ4v) is 1.52. The van der Waals surface area contributed by atoms with E-state index in [1.807, 2.05) is 13.0 Å². The molecule has 4 nitrogen and oxygen atoms in total. The molecule has 0 radical (unpaired) electrons. The monoisotopic (exact) mass is 219 g/mol. The fourth-order valence-electron chi connectivity index (χ4n) is 1.52. The number of ether oxygens (including phenoxy) is 1. The van der Waals surface area contributed by atoms with Crippen LogP contribution < -0.4 is 0 Å². The van der Waals surface area contributed by atoms with E-state index in [0.717, 1.165) is 5.56 Å². The van der Waals surface area contributed by atoms with E-state index in [0.29, 0.717) is 23.1 Å². The van der Waals surface area contributed by atoms with E-state index in [1.54, 1.807) is 6.07 Å². The van der Waals surface area contributed by atoms with E-state index >= 15 is 0 Å². The lowest BCUT2D eigenvalue weighted by Crippen LogP contribution is -2.08. The van der Waals surface area contributed by atoms with Crippen molar-refractivity contribution < 1.29 is 14.6 Å². The number of aliphatic hydroxyl groups excluding tert-OH is 1. The number of aliphatic hydroxyl groups is 1. The third-order valence-electron chi connectivity index (χ3n) is 2.41. The summed E-state index contributed by atoms with van der Waals surface area (Å²) in [7, 11) is 1.29. The molecule has 1 N–H and O–H groups in total. The Labute approximate surface area is 94.1 Å². The first-order chi connectivity index (χ1) is 7.67. The van der Waals surface area contributed by atoms with Crippen molar-refractivity contribution in [3.63, 3.8) is 0 Å². The molecule has 0 aliphatic rings. The van der Waals surface area contributed by atoms with Crippen LogP contribution in [-0.2, 0) is 17.8 Å². The normalized spacial score (nSPS) is 9.62. The van der Waals surface area contributed by atoms with Crippen LogP contribution in [0.2, 0.25) is 0 Å². The summed E-state index contributed by atoms with van der Waals surface area (Å²) in [5, 5.41) is 18.0. The van der Waals surface area contributed by atoms with Crippen LogP contribution in [0.4, 0.5) is 0 Å². The van der Waals surface area contributed by atoms with Gasteiger partial charge in [-0.2, -0.15) is 5.26 Å². The van der Waals surface area contributed by atoms with Gasteiger partial charge in [0.25, 0.3) is 0 Å². The first-order valence-corrected chi connectivity index (χ1v) is 4.93. The van der Waals surface area contributed by atoms with E-state index in [2.05, 4.69) is 4.74 Å². The zero-order chi connectivity index (χ0) is 12.1. The number of aryl methyl sites for hydroxylation is 1. The molecule has 1 aromatic rings. The van der Waals surface area contributed by atoms with Crippen molar-refractivity contribution in [1.82, 2.24) is 0 Å². The smallest absolute Gasteiger partial charge is 0.338 e. The summed E-state index contributed by atoms with van der Waals surface area (Å²) in [4.78, 5) is 11.4. The number of hydrogen-bond acceptors (Lipinski definition) is 4. The summed E-state index contributed by atoms with van der Waals surface area (Å²) in [5.41, 5.74) is 2.00. The molecular weight excluding hydrogens is 206 g/mol. The third kappa shape index (κ3) is 2.20. The minimum atomic E-state index is -0.497. The predicted octanol–water partition coefficient (Wildman–Crippen LogP) is 1.40. The van der Waals surface area contributed by atoms with Crippen molar-refractivity contribution >= 4 is 5.97 Å². The highest BCUT2D eigenvalue weighted by Gasteiger charge is 2.14. The van der Waals surface area contributed by atoms with Crippen molar-refractivity contribution in [2.24, 2.45) is 0 Å². The highest BCUT2D eigenvalue weighted by Crippen LogP contribution is 2.18. The van der Waals surface area contributed by atoms with Gasteiger partial charge in [0.05, 0.1) is 30.9 Å². The Bertz CT molecular complexity index is 446. The van der Waals surface area contributed by atoms with Gasteiger partial charge in [-0.25, -0.2) is 4.79 Å². The highest BCUT2D eigenvalue weighted by molar-refractivity contribution is 5.91. The van der Waals surface area contributed by atoms with Crippen LogP contribution in [0.1, 0.15) is 34.0 Å². The Morgan fingerprint density at radius 3 is 2.62 bits per heavy atom. The second-order valence-electron chi connectivity index (χ2n) is 3.28. The lowest BCUT2D eigenvalue weighted by molar-refractivity contribution is 0.0597. The largest absolute Gasteiger partial charge is 0.465 e. The molecule has 1 aromatic carbocycles. The Balaban J connectivity index is 3.38. The predicted molar refractivity (Wildman–Crippen MR) is 57.8 cm³/mol. The Kier molecular flexibility index (Phi) is 4.03. The molecule has 0 heterocycles. The SMILES string of the molecule is CCc1cc(C(=O)OC)c(CO)cc1C#N. The maximum absolute atomic E-state index is 11.4. The van der Waals surface area contributed by atoms with Crippen molar-refractivity contribution in [3.05, 3.63) is 34.4 Å². The topological polar surface area (TPSA) is 70.3 Å². The average molecular weight is 219 g/mol. The van der Waals surface area contributed by atoms with E-state index in [-0.39, 0.29) is 6.61 Å². The molecule has 16 heavy (non-hydrogen) atoms. The molecule has 0 spiro atoms. The molecule has 0 atom stereocenters. The Hall–Kier alpha value is -1.86. The number of rotatable bonds is 3. The number of esters is 1. The number of nitrogens with zero attached hydrogens (tertiary/aromatic N) is 1. The first kappa shape index (κ1) is 12.2. The van der Waals surface area contributed by atoms with E-state index in [1.165, 1.54) is 13.2 Å². The molecule has 1 rings (SSSR count). The average Bonchev–Trinajstić information content (AvgIpc) is 2.35. The minimum Gasteiger partial charge on any atom is -0.465 e. The van der Waals surface area contributed by atoms with Gasteiger partial charge < -0.3 is 9.84 Å². The van der Waals surface area contributed by atoms with Crippen LogP contribution in [0, 0.1) is 11.3 Å². The van der Waals surface area contributed by atoms with Crippen molar-refractivity contribution in [1.29, 1.82) is 5.26 Å². The molecule has 84 valence electrons. The minimum absolute atomic E-state index is 0.289. The molecular formula is C12H13NO3. The van der Waals surface area contributed by atoms with Crippen molar-refractivity contribution in [2.45, 2.75) is 20.0 Å². The number of carbonyl (C=O) groups excluding carboxylic acids is 1.